The fraction of sp³-hybridized carbons (Fsp3) is 0.192. The first-order valence-corrected chi connectivity index (χ1v) is 10.1. The molecule has 0 saturated heterocycles. The number of carbonyl (C=O) groups excluding carboxylic acids is 1. The van der Waals surface area contributed by atoms with Gasteiger partial charge in [-0.25, -0.2) is 13.6 Å². The van der Waals surface area contributed by atoms with Gasteiger partial charge in [-0.1, -0.05) is 72.5 Å². The van der Waals surface area contributed by atoms with Gasteiger partial charge in [-0.05, 0) is 34.4 Å². The van der Waals surface area contributed by atoms with E-state index in [1.54, 1.807) is 12.1 Å². The van der Waals surface area contributed by atoms with E-state index in [1.165, 1.54) is 23.3 Å². The third-order valence-corrected chi connectivity index (χ3v) is 5.23. The number of hydrogen-bond donors (Lipinski definition) is 1. The molecular formula is C26H21F2NO2. The molecule has 0 heterocycles. The van der Waals surface area contributed by atoms with Crippen LogP contribution in [-0.4, -0.2) is 19.2 Å². The smallest absolute Gasteiger partial charge is 0.407 e. The van der Waals surface area contributed by atoms with Crippen molar-refractivity contribution in [3.63, 3.8) is 0 Å². The van der Waals surface area contributed by atoms with Crippen LogP contribution in [-0.2, 0) is 4.74 Å². The van der Waals surface area contributed by atoms with Crippen LogP contribution in [0.1, 0.15) is 41.0 Å². The Bertz CT molecular complexity index is 1100. The first-order chi connectivity index (χ1) is 15.1. The molecule has 0 bridgehead atoms. The number of ether oxygens (including phenoxy) is 1. The quantitative estimate of drug-likeness (QED) is 0.414. The lowest BCUT2D eigenvalue weighted by Gasteiger charge is -2.14. The monoisotopic (exact) mass is 417 g/mol. The lowest BCUT2D eigenvalue weighted by Crippen LogP contribution is -2.26. The molecule has 0 radical (unpaired) electrons. The fourth-order valence-electron chi connectivity index (χ4n) is 3.79. The topological polar surface area (TPSA) is 38.3 Å². The summed E-state index contributed by atoms with van der Waals surface area (Å²) in [5.41, 5.74) is 5.15. The number of amides is 1. The maximum Gasteiger partial charge on any atom is 0.407 e. The van der Waals surface area contributed by atoms with Gasteiger partial charge in [0.25, 0.3) is 6.43 Å². The third-order valence-electron chi connectivity index (χ3n) is 5.23. The van der Waals surface area contributed by atoms with Crippen LogP contribution in [0.2, 0.25) is 0 Å². The lowest BCUT2D eigenvalue weighted by atomic mass is 9.98. The Morgan fingerprint density at radius 2 is 1.65 bits per heavy atom. The number of halogens is 2. The average molecular weight is 417 g/mol. The van der Waals surface area contributed by atoms with Crippen molar-refractivity contribution >= 4 is 6.09 Å². The Labute approximate surface area is 180 Å². The van der Waals surface area contributed by atoms with Crippen LogP contribution in [0.4, 0.5) is 13.6 Å². The van der Waals surface area contributed by atoms with Gasteiger partial charge in [0.15, 0.2) is 0 Å². The third kappa shape index (κ3) is 4.75. The van der Waals surface area contributed by atoms with Gasteiger partial charge in [-0.3, -0.25) is 0 Å². The molecule has 0 atom stereocenters. The zero-order valence-corrected chi connectivity index (χ0v) is 16.8. The van der Waals surface area contributed by atoms with Gasteiger partial charge in [0, 0.05) is 30.0 Å². The van der Waals surface area contributed by atoms with Gasteiger partial charge in [0.05, 0.1) is 0 Å². The second-order valence-corrected chi connectivity index (χ2v) is 7.23. The molecular weight excluding hydrogens is 396 g/mol. The largest absolute Gasteiger partial charge is 0.449 e. The van der Waals surface area contributed by atoms with Crippen LogP contribution in [0, 0.1) is 11.8 Å². The summed E-state index contributed by atoms with van der Waals surface area (Å²) in [7, 11) is 0. The van der Waals surface area contributed by atoms with E-state index in [-0.39, 0.29) is 18.1 Å². The zero-order chi connectivity index (χ0) is 21.6. The molecule has 0 unspecified atom stereocenters. The molecule has 5 heteroatoms. The standard InChI is InChI=1S/C26H21F2NO2/c27-25(28)19-10-7-9-18(16-19)8-5-6-15-29-26(30)31-17-24-22-13-3-1-11-20(22)21-12-2-4-14-23(21)24/h1-4,7,9-14,16,24-25H,6,15,17H2,(H,29,30). The molecule has 156 valence electrons. The van der Waals surface area contributed by atoms with Crippen molar-refractivity contribution in [1.82, 2.24) is 5.32 Å². The first-order valence-electron chi connectivity index (χ1n) is 10.1. The minimum atomic E-state index is -2.52. The second kappa shape index (κ2) is 9.44. The molecule has 1 N–H and O–H groups in total. The molecule has 31 heavy (non-hydrogen) atoms. The van der Waals surface area contributed by atoms with Crippen LogP contribution >= 0.6 is 0 Å². The van der Waals surface area contributed by atoms with Crippen molar-refractivity contribution in [1.29, 1.82) is 0 Å². The summed E-state index contributed by atoms with van der Waals surface area (Å²) < 4.78 is 30.9. The van der Waals surface area contributed by atoms with Gasteiger partial charge in [0.1, 0.15) is 6.61 Å². The van der Waals surface area contributed by atoms with E-state index in [2.05, 4.69) is 41.4 Å². The predicted octanol–water partition coefficient (Wildman–Crippen LogP) is 5.90. The average Bonchev–Trinajstić information content (AvgIpc) is 3.11. The molecule has 0 aliphatic heterocycles. The Kier molecular flexibility index (Phi) is 6.28. The van der Waals surface area contributed by atoms with E-state index < -0.39 is 12.5 Å². The highest BCUT2D eigenvalue weighted by atomic mass is 19.3. The van der Waals surface area contributed by atoms with Crippen LogP contribution in [0.3, 0.4) is 0 Å². The van der Waals surface area contributed by atoms with Gasteiger partial charge >= 0.3 is 6.09 Å². The molecule has 0 spiro atoms. The Morgan fingerprint density at radius 3 is 2.32 bits per heavy atom. The van der Waals surface area contributed by atoms with E-state index in [0.29, 0.717) is 18.5 Å². The second-order valence-electron chi connectivity index (χ2n) is 7.23. The Balaban J connectivity index is 1.28. The molecule has 4 rings (SSSR count). The number of alkyl halides is 2. The highest BCUT2D eigenvalue weighted by Crippen LogP contribution is 2.44. The molecule has 3 aromatic rings. The number of nitrogens with one attached hydrogen (secondary N) is 1. The van der Waals surface area contributed by atoms with Gasteiger partial charge in [-0.2, -0.15) is 0 Å². The molecule has 0 fully saturated rings. The Morgan fingerprint density at radius 1 is 0.968 bits per heavy atom. The van der Waals surface area contributed by atoms with Gasteiger partial charge < -0.3 is 10.1 Å². The molecule has 3 aromatic carbocycles. The maximum absolute atomic E-state index is 12.7. The van der Waals surface area contributed by atoms with Gasteiger partial charge in [0.2, 0.25) is 0 Å². The molecule has 3 nitrogen and oxygen atoms in total. The van der Waals surface area contributed by atoms with Crippen molar-refractivity contribution in [2.24, 2.45) is 0 Å². The molecule has 0 aromatic heterocycles. The lowest BCUT2D eigenvalue weighted by molar-refractivity contribution is 0.143. The number of carbonyl (C=O) groups is 1. The number of fused-ring (bicyclic) bond motifs is 3. The highest BCUT2D eigenvalue weighted by molar-refractivity contribution is 5.79. The number of hydrogen-bond acceptors (Lipinski definition) is 2. The summed E-state index contributed by atoms with van der Waals surface area (Å²) in [4.78, 5) is 12.1. The van der Waals surface area contributed by atoms with Gasteiger partial charge in [-0.15, -0.1) is 0 Å². The highest BCUT2D eigenvalue weighted by Gasteiger charge is 2.28. The number of alkyl carbamates (subject to hydrolysis) is 1. The number of benzene rings is 3. The first kappa shape index (κ1) is 20.6. The maximum atomic E-state index is 12.7. The van der Waals surface area contributed by atoms with Crippen molar-refractivity contribution in [3.05, 3.63) is 95.1 Å². The molecule has 0 saturated carbocycles. The van der Waals surface area contributed by atoms with E-state index in [9.17, 15) is 13.6 Å². The van der Waals surface area contributed by atoms with Crippen molar-refractivity contribution in [2.75, 3.05) is 13.2 Å². The van der Waals surface area contributed by atoms with E-state index in [4.69, 9.17) is 4.74 Å². The van der Waals surface area contributed by atoms with Crippen LogP contribution in [0.15, 0.2) is 72.8 Å². The summed E-state index contributed by atoms with van der Waals surface area (Å²) in [5, 5.41) is 2.69. The van der Waals surface area contributed by atoms with E-state index in [1.807, 2.05) is 24.3 Å². The summed E-state index contributed by atoms with van der Waals surface area (Å²) >= 11 is 0. The molecule has 1 amide bonds. The van der Waals surface area contributed by atoms with Crippen molar-refractivity contribution in [3.8, 4) is 23.0 Å². The SMILES string of the molecule is O=C(NCCC#Cc1cccc(C(F)F)c1)OCC1c2ccccc2-c2ccccc21. The predicted molar refractivity (Wildman–Crippen MR) is 116 cm³/mol. The van der Waals surface area contributed by atoms with Crippen LogP contribution < -0.4 is 5.32 Å². The van der Waals surface area contributed by atoms with Crippen LogP contribution in [0.25, 0.3) is 11.1 Å². The van der Waals surface area contributed by atoms with E-state index >= 15 is 0 Å². The van der Waals surface area contributed by atoms with Crippen molar-refractivity contribution in [2.45, 2.75) is 18.8 Å². The zero-order valence-electron chi connectivity index (χ0n) is 16.8. The van der Waals surface area contributed by atoms with E-state index in [0.717, 1.165) is 11.1 Å². The number of rotatable bonds is 5. The fourth-order valence-corrected chi connectivity index (χ4v) is 3.79. The summed E-state index contributed by atoms with van der Waals surface area (Å²) in [6.45, 7) is 0.574. The normalized spacial score (nSPS) is 12.0. The summed E-state index contributed by atoms with van der Waals surface area (Å²) in [6.07, 6.45) is -2.62. The Hall–Kier alpha value is -3.65. The minimum absolute atomic E-state index is 0.0139. The molecule has 1 aliphatic rings. The molecule has 1 aliphatic carbocycles. The summed E-state index contributed by atoms with van der Waals surface area (Å²) in [5.74, 6) is 5.73. The summed E-state index contributed by atoms with van der Waals surface area (Å²) in [6, 6.07) is 22.3. The van der Waals surface area contributed by atoms with Crippen LogP contribution in [0.5, 0.6) is 0 Å². The minimum Gasteiger partial charge on any atom is -0.449 e. The van der Waals surface area contributed by atoms with Crippen molar-refractivity contribution < 1.29 is 18.3 Å².